The molecule has 1 aromatic heterocycles. The second kappa shape index (κ2) is 6.56. The summed E-state index contributed by atoms with van der Waals surface area (Å²) in [5.74, 6) is 1.27. The van der Waals surface area contributed by atoms with E-state index in [4.69, 9.17) is 4.42 Å². The first-order valence-electron chi connectivity index (χ1n) is 5.29. The topological polar surface area (TPSA) is 74.5 Å². The van der Waals surface area contributed by atoms with Crippen molar-refractivity contribution in [1.82, 2.24) is 10.6 Å². The number of carbonyl (C=O) groups excluding carboxylic acids is 1. The first-order chi connectivity index (χ1) is 8.03. The van der Waals surface area contributed by atoms with Gasteiger partial charge in [-0.05, 0) is 25.3 Å². The third-order valence-corrected chi connectivity index (χ3v) is 3.00. The summed E-state index contributed by atoms with van der Waals surface area (Å²) in [6, 6.07) is 3.23. The van der Waals surface area contributed by atoms with Crippen molar-refractivity contribution in [3.8, 4) is 0 Å². The molecule has 3 N–H and O–H groups in total. The Morgan fingerprint density at radius 2 is 2.35 bits per heavy atom. The van der Waals surface area contributed by atoms with Crippen molar-refractivity contribution in [1.29, 1.82) is 0 Å². The first-order valence-corrected chi connectivity index (χ1v) is 6.68. The number of nitrogens with one attached hydrogen (secondary N) is 2. The van der Waals surface area contributed by atoms with Gasteiger partial charge < -0.3 is 20.2 Å². The summed E-state index contributed by atoms with van der Waals surface area (Å²) >= 11 is 1.53. The number of thioether (sulfide) groups is 1. The lowest BCUT2D eigenvalue weighted by Crippen LogP contribution is -2.45. The third-order valence-electron chi connectivity index (χ3n) is 2.09. The molecule has 0 fully saturated rings. The normalized spacial score (nSPS) is 14.1. The summed E-state index contributed by atoms with van der Waals surface area (Å²) in [6.07, 6.45) is 3.46. The molecule has 0 aromatic carbocycles. The molecule has 0 saturated carbocycles. The summed E-state index contributed by atoms with van der Waals surface area (Å²) in [6.45, 7) is 2.25. The highest BCUT2D eigenvalue weighted by Gasteiger charge is 2.20. The third kappa shape index (κ3) is 5.65. The molecule has 1 unspecified atom stereocenters. The molecule has 1 rings (SSSR count). The molecular formula is C11H18N2O3S. The molecule has 96 valence electrons. The molecule has 1 aromatic rings. The Kier molecular flexibility index (Phi) is 5.37. The molecule has 1 atom stereocenters. The highest BCUT2D eigenvalue weighted by atomic mass is 32.2. The van der Waals surface area contributed by atoms with E-state index < -0.39 is 5.60 Å². The van der Waals surface area contributed by atoms with E-state index in [1.165, 1.54) is 11.8 Å². The maximum Gasteiger partial charge on any atom is 0.315 e. The van der Waals surface area contributed by atoms with Crippen LogP contribution in [-0.2, 0) is 6.54 Å². The maximum absolute atomic E-state index is 11.4. The van der Waals surface area contributed by atoms with Gasteiger partial charge in [0, 0.05) is 12.3 Å². The Balaban J connectivity index is 2.21. The summed E-state index contributed by atoms with van der Waals surface area (Å²) < 4.78 is 5.07. The van der Waals surface area contributed by atoms with Crippen LogP contribution in [0.5, 0.6) is 0 Å². The number of furan rings is 1. The average Bonchev–Trinajstić information content (AvgIpc) is 2.76. The zero-order valence-electron chi connectivity index (χ0n) is 10.0. The van der Waals surface area contributed by atoms with Crippen LogP contribution in [0.4, 0.5) is 4.79 Å². The van der Waals surface area contributed by atoms with Crippen LogP contribution >= 0.6 is 11.8 Å². The summed E-state index contributed by atoms with van der Waals surface area (Å²) in [4.78, 5) is 11.4. The van der Waals surface area contributed by atoms with Gasteiger partial charge in [-0.2, -0.15) is 11.8 Å². The van der Waals surface area contributed by atoms with Gasteiger partial charge >= 0.3 is 6.03 Å². The minimum Gasteiger partial charge on any atom is -0.467 e. The molecule has 0 radical (unpaired) electrons. The van der Waals surface area contributed by atoms with Gasteiger partial charge in [0.15, 0.2) is 0 Å². The molecule has 1 heterocycles. The van der Waals surface area contributed by atoms with Crippen molar-refractivity contribution < 1.29 is 14.3 Å². The molecule has 0 saturated heterocycles. The van der Waals surface area contributed by atoms with Crippen molar-refractivity contribution in [2.45, 2.75) is 19.1 Å². The number of urea groups is 1. The van der Waals surface area contributed by atoms with Crippen LogP contribution < -0.4 is 10.6 Å². The Morgan fingerprint density at radius 3 is 2.94 bits per heavy atom. The number of rotatable bonds is 6. The highest BCUT2D eigenvalue weighted by molar-refractivity contribution is 7.98. The predicted octanol–water partition coefficient (Wildman–Crippen LogP) is 1.19. The lowest BCUT2D eigenvalue weighted by atomic mass is 10.1. The molecule has 0 aliphatic heterocycles. The van der Waals surface area contributed by atoms with Gasteiger partial charge in [-0.25, -0.2) is 4.79 Å². The molecule has 6 heteroatoms. The zero-order chi connectivity index (χ0) is 12.7. The predicted molar refractivity (Wildman–Crippen MR) is 68.0 cm³/mol. The minimum absolute atomic E-state index is 0.220. The molecule has 0 spiro atoms. The lowest BCUT2D eigenvalue weighted by molar-refractivity contribution is 0.0869. The fourth-order valence-corrected chi connectivity index (χ4v) is 2.00. The summed E-state index contributed by atoms with van der Waals surface area (Å²) in [7, 11) is 0. The van der Waals surface area contributed by atoms with Crippen LogP contribution in [0.1, 0.15) is 12.7 Å². The minimum atomic E-state index is -0.887. The zero-order valence-corrected chi connectivity index (χ0v) is 10.8. The Labute approximate surface area is 105 Å². The van der Waals surface area contributed by atoms with Crippen molar-refractivity contribution in [3.63, 3.8) is 0 Å². The monoisotopic (exact) mass is 258 g/mol. The number of amides is 2. The van der Waals surface area contributed by atoms with Gasteiger partial charge in [0.25, 0.3) is 0 Å². The van der Waals surface area contributed by atoms with Crippen molar-refractivity contribution in [3.05, 3.63) is 24.2 Å². The van der Waals surface area contributed by atoms with Crippen molar-refractivity contribution in [2.24, 2.45) is 0 Å². The van der Waals surface area contributed by atoms with Gasteiger partial charge in [-0.1, -0.05) is 0 Å². The van der Waals surface area contributed by atoms with Gasteiger partial charge in [-0.3, -0.25) is 0 Å². The molecule has 17 heavy (non-hydrogen) atoms. The first kappa shape index (κ1) is 13.9. The number of hydrogen-bond acceptors (Lipinski definition) is 4. The summed E-state index contributed by atoms with van der Waals surface area (Å²) in [5.41, 5.74) is -0.887. The lowest BCUT2D eigenvalue weighted by Gasteiger charge is -2.22. The molecule has 0 aliphatic rings. The number of aliphatic hydroxyl groups is 1. The van der Waals surface area contributed by atoms with Crippen LogP contribution in [0.2, 0.25) is 0 Å². The average molecular weight is 258 g/mol. The van der Waals surface area contributed by atoms with E-state index >= 15 is 0 Å². The molecule has 2 amide bonds. The van der Waals surface area contributed by atoms with Gasteiger partial charge in [0.05, 0.1) is 18.4 Å². The van der Waals surface area contributed by atoms with E-state index in [1.54, 1.807) is 25.3 Å². The Morgan fingerprint density at radius 1 is 1.59 bits per heavy atom. The SMILES string of the molecule is CSCC(C)(O)CNC(=O)NCc1ccco1. The van der Waals surface area contributed by atoms with E-state index in [0.29, 0.717) is 18.1 Å². The van der Waals surface area contributed by atoms with Gasteiger partial charge in [0.1, 0.15) is 5.76 Å². The smallest absolute Gasteiger partial charge is 0.315 e. The summed E-state index contributed by atoms with van der Waals surface area (Å²) in [5, 5.41) is 15.1. The number of carbonyl (C=O) groups is 1. The van der Waals surface area contributed by atoms with Crippen LogP contribution in [0.15, 0.2) is 22.8 Å². The Hall–Kier alpha value is -1.14. The van der Waals surface area contributed by atoms with E-state index in [9.17, 15) is 9.90 Å². The van der Waals surface area contributed by atoms with Crippen LogP contribution in [0.3, 0.4) is 0 Å². The maximum atomic E-state index is 11.4. The van der Waals surface area contributed by atoms with E-state index in [-0.39, 0.29) is 12.6 Å². The highest BCUT2D eigenvalue weighted by Crippen LogP contribution is 2.08. The fourth-order valence-electron chi connectivity index (χ4n) is 1.28. The van der Waals surface area contributed by atoms with E-state index in [1.807, 2.05) is 6.26 Å². The molecule has 5 nitrogen and oxygen atoms in total. The van der Waals surface area contributed by atoms with Crippen LogP contribution in [0.25, 0.3) is 0 Å². The molecule has 0 aliphatic carbocycles. The largest absolute Gasteiger partial charge is 0.467 e. The van der Waals surface area contributed by atoms with Crippen molar-refractivity contribution in [2.75, 3.05) is 18.6 Å². The van der Waals surface area contributed by atoms with Crippen LogP contribution in [-0.4, -0.2) is 35.3 Å². The second-order valence-electron chi connectivity index (χ2n) is 4.05. The molecular weight excluding hydrogens is 240 g/mol. The van der Waals surface area contributed by atoms with Gasteiger partial charge in [-0.15, -0.1) is 0 Å². The van der Waals surface area contributed by atoms with Gasteiger partial charge in [0.2, 0.25) is 0 Å². The number of hydrogen-bond donors (Lipinski definition) is 3. The molecule has 0 bridgehead atoms. The standard InChI is InChI=1S/C11H18N2O3S/c1-11(15,8-17-2)7-13-10(14)12-6-9-4-3-5-16-9/h3-5,15H,6-8H2,1-2H3,(H2,12,13,14). The van der Waals surface area contributed by atoms with E-state index in [2.05, 4.69) is 10.6 Å². The van der Waals surface area contributed by atoms with E-state index in [0.717, 1.165) is 0 Å². The van der Waals surface area contributed by atoms with Crippen LogP contribution in [0, 0.1) is 0 Å². The fraction of sp³-hybridized carbons (Fsp3) is 0.545. The Bertz CT molecular complexity index is 338. The second-order valence-corrected chi connectivity index (χ2v) is 4.91. The quantitative estimate of drug-likeness (QED) is 0.716. The van der Waals surface area contributed by atoms with Crippen molar-refractivity contribution >= 4 is 17.8 Å².